The van der Waals surface area contributed by atoms with Crippen LogP contribution in [0.5, 0.6) is 0 Å². The summed E-state index contributed by atoms with van der Waals surface area (Å²) >= 11 is 6.10. The number of carbonyl (C=O) groups is 1. The second-order valence-electron chi connectivity index (χ2n) is 5.02. The van der Waals surface area contributed by atoms with Gasteiger partial charge in [0, 0.05) is 17.5 Å². The molecule has 4 heteroatoms. The molecular formula is C15H23ClN2O. The average Bonchev–Trinajstić information content (AvgIpc) is 2.35. The van der Waals surface area contributed by atoms with Crippen LogP contribution in [-0.2, 0) is 4.79 Å². The summed E-state index contributed by atoms with van der Waals surface area (Å²) in [6, 6.07) is 8.00. The lowest BCUT2D eigenvalue weighted by atomic mass is 10.1. The minimum absolute atomic E-state index is 0.0562. The van der Waals surface area contributed by atoms with Crippen molar-refractivity contribution in [2.45, 2.75) is 45.7 Å². The molecule has 1 atom stereocenters. The molecule has 1 aromatic rings. The van der Waals surface area contributed by atoms with E-state index >= 15 is 0 Å². The molecule has 0 bridgehead atoms. The molecule has 3 nitrogen and oxygen atoms in total. The molecule has 1 unspecified atom stereocenters. The molecule has 0 saturated heterocycles. The van der Waals surface area contributed by atoms with E-state index in [1.54, 1.807) is 0 Å². The Morgan fingerprint density at radius 3 is 2.58 bits per heavy atom. The van der Waals surface area contributed by atoms with Crippen molar-refractivity contribution in [3.05, 3.63) is 34.9 Å². The van der Waals surface area contributed by atoms with E-state index in [0.717, 1.165) is 18.5 Å². The Hall–Kier alpha value is -1.06. The van der Waals surface area contributed by atoms with Crippen molar-refractivity contribution in [3.8, 4) is 0 Å². The third-order valence-electron chi connectivity index (χ3n) is 2.88. The van der Waals surface area contributed by atoms with E-state index in [2.05, 4.69) is 24.5 Å². The van der Waals surface area contributed by atoms with E-state index in [9.17, 15) is 4.79 Å². The van der Waals surface area contributed by atoms with E-state index in [1.165, 1.54) is 0 Å². The second kappa shape index (κ2) is 8.18. The van der Waals surface area contributed by atoms with Gasteiger partial charge in [-0.2, -0.15) is 0 Å². The predicted octanol–water partition coefficient (Wildman–Crippen LogP) is 3.30. The summed E-state index contributed by atoms with van der Waals surface area (Å²) in [6.45, 7) is 7.01. The summed E-state index contributed by atoms with van der Waals surface area (Å²) < 4.78 is 0. The van der Waals surface area contributed by atoms with Gasteiger partial charge in [-0.15, -0.1) is 0 Å². The first-order valence-corrected chi connectivity index (χ1v) is 7.15. The molecule has 1 amide bonds. The highest BCUT2D eigenvalue weighted by Crippen LogP contribution is 2.22. The summed E-state index contributed by atoms with van der Waals surface area (Å²) in [5.41, 5.74) is 0.956. The fraction of sp³-hybridized carbons (Fsp3) is 0.533. The number of rotatable bonds is 7. The fourth-order valence-electron chi connectivity index (χ4n) is 1.86. The van der Waals surface area contributed by atoms with Crippen molar-refractivity contribution < 1.29 is 4.79 Å². The van der Waals surface area contributed by atoms with Crippen molar-refractivity contribution in [1.29, 1.82) is 0 Å². The lowest BCUT2D eigenvalue weighted by Crippen LogP contribution is -2.29. The molecule has 0 spiro atoms. The minimum atomic E-state index is -0.0562. The maximum absolute atomic E-state index is 11.8. The van der Waals surface area contributed by atoms with E-state index in [4.69, 9.17) is 11.6 Å². The first kappa shape index (κ1) is 16.0. The first-order valence-electron chi connectivity index (χ1n) is 6.78. The Morgan fingerprint density at radius 2 is 1.95 bits per heavy atom. The summed E-state index contributed by atoms with van der Waals surface area (Å²) in [4.78, 5) is 11.8. The van der Waals surface area contributed by atoms with Gasteiger partial charge in [0.1, 0.15) is 0 Å². The topological polar surface area (TPSA) is 41.1 Å². The van der Waals surface area contributed by atoms with Crippen LogP contribution in [0.1, 0.15) is 45.2 Å². The van der Waals surface area contributed by atoms with E-state index in [0.29, 0.717) is 17.5 Å². The zero-order valence-electron chi connectivity index (χ0n) is 11.9. The Balaban J connectivity index is 2.34. The van der Waals surface area contributed by atoms with Crippen LogP contribution in [0.25, 0.3) is 0 Å². The molecule has 106 valence electrons. The maximum atomic E-state index is 11.8. The van der Waals surface area contributed by atoms with Crippen LogP contribution >= 0.6 is 11.6 Å². The van der Waals surface area contributed by atoms with Crippen molar-refractivity contribution >= 4 is 17.5 Å². The number of benzene rings is 1. The van der Waals surface area contributed by atoms with Gasteiger partial charge in [-0.25, -0.2) is 0 Å². The van der Waals surface area contributed by atoms with Gasteiger partial charge in [0.2, 0.25) is 5.91 Å². The summed E-state index contributed by atoms with van der Waals surface area (Å²) in [7, 11) is 0. The highest BCUT2D eigenvalue weighted by atomic mass is 35.5. The van der Waals surface area contributed by atoms with Crippen LogP contribution in [0.4, 0.5) is 0 Å². The monoisotopic (exact) mass is 282 g/mol. The van der Waals surface area contributed by atoms with Gasteiger partial charge in [0.25, 0.3) is 0 Å². The number of hydrogen-bond donors (Lipinski definition) is 2. The first-order chi connectivity index (χ1) is 9.00. The summed E-state index contributed by atoms with van der Waals surface area (Å²) in [5.74, 6) is 0.0676. The number of nitrogens with one attached hydrogen (secondary N) is 2. The molecule has 0 fully saturated rings. The molecule has 1 aromatic carbocycles. The molecule has 0 heterocycles. The third kappa shape index (κ3) is 6.08. The van der Waals surface area contributed by atoms with Gasteiger partial charge in [-0.3, -0.25) is 4.79 Å². The quantitative estimate of drug-likeness (QED) is 0.754. The summed E-state index contributed by atoms with van der Waals surface area (Å²) in [5, 5.41) is 6.96. The molecule has 0 aliphatic heterocycles. The molecular weight excluding hydrogens is 260 g/mol. The lowest BCUT2D eigenvalue weighted by Gasteiger charge is -2.16. The van der Waals surface area contributed by atoms with Gasteiger partial charge in [-0.1, -0.05) is 43.6 Å². The summed E-state index contributed by atoms with van der Waals surface area (Å²) in [6.07, 6.45) is 1.38. The number of amides is 1. The fourth-order valence-corrected chi connectivity index (χ4v) is 2.16. The van der Waals surface area contributed by atoms with Crippen molar-refractivity contribution in [2.24, 2.45) is 0 Å². The van der Waals surface area contributed by atoms with Gasteiger partial charge >= 0.3 is 0 Å². The molecule has 19 heavy (non-hydrogen) atoms. The van der Waals surface area contributed by atoms with Gasteiger partial charge < -0.3 is 10.6 Å². The Bertz CT molecular complexity index is 407. The Morgan fingerprint density at radius 1 is 1.26 bits per heavy atom. The number of halogens is 1. The van der Waals surface area contributed by atoms with Gasteiger partial charge in [0.05, 0.1) is 6.04 Å². The van der Waals surface area contributed by atoms with Crippen LogP contribution in [0, 0.1) is 0 Å². The maximum Gasteiger partial charge on any atom is 0.220 e. The molecule has 0 aliphatic carbocycles. The van der Waals surface area contributed by atoms with Crippen molar-refractivity contribution in [1.82, 2.24) is 10.6 Å². The smallest absolute Gasteiger partial charge is 0.220 e. The molecule has 0 aliphatic rings. The molecule has 0 radical (unpaired) electrons. The Labute approximate surface area is 120 Å². The van der Waals surface area contributed by atoms with E-state index in [1.807, 2.05) is 31.2 Å². The number of carbonyl (C=O) groups excluding carboxylic acids is 1. The molecule has 1 rings (SSSR count). The SMILES string of the molecule is CC(C)NCCCC(=O)NC(C)c1ccccc1Cl. The lowest BCUT2D eigenvalue weighted by molar-refractivity contribution is -0.121. The number of hydrogen-bond acceptors (Lipinski definition) is 2. The zero-order valence-corrected chi connectivity index (χ0v) is 12.6. The Kier molecular flexibility index (Phi) is 6.89. The molecule has 2 N–H and O–H groups in total. The highest BCUT2D eigenvalue weighted by molar-refractivity contribution is 6.31. The van der Waals surface area contributed by atoms with Crippen LogP contribution in [-0.4, -0.2) is 18.5 Å². The van der Waals surface area contributed by atoms with Gasteiger partial charge in [0.15, 0.2) is 0 Å². The minimum Gasteiger partial charge on any atom is -0.350 e. The van der Waals surface area contributed by atoms with E-state index in [-0.39, 0.29) is 11.9 Å². The third-order valence-corrected chi connectivity index (χ3v) is 3.23. The second-order valence-corrected chi connectivity index (χ2v) is 5.43. The van der Waals surface area contributed by atoms with Crippen LogP contribution in [0.2, 0.25) is 5.02 Å². The largest absolute Gasteiger partial charge is 0.350 e. The van der Waals surface area contributed by atoms with Crippen LogP contribution in [0.15, 0.2) is 24.3 Å². The van der Waals surface area contributed by atoms with Crippen LogP contribution < -0.4 is 10.6 Å². The standard InChI is InChI=1S/C15H23ClN2O/c1-11(2)17-10-6-9-15(19)18-12(3)13-7-4-5-8-14(13)16/h4-5,7-8,11-12,17H,6,9-10H2,1-3H3,(H,18,19). The zero-order chi connectivity index (χ0) is 14.3. The van der Waals surface area contributed by atoms with Gasteiger partial charge in [-0.05, 0) is 31.5 Å². The van der Waals surface area contributed by atoms with Crippen molar-refractivity contribution in [3.63, 3.8) is 0 Å². The van der Waals surface area contributed by atoms with Crippen LogP contribution in [0.3, 0.4) is 0 Å². The van der Waals surface area contributed by atoms with Crippen molar-refractivity contribution in [2.75, 3.05) is 6.54 Å². The van der Waals surface area contributed by atoms with E-state index < -0.39 is 0 Å². The predicted molar refractivity (Wildman–Crippen MR) is 80.4 cm³/mol. The normalized spacial score (nSPS) is 12.5. The highest BCUT2D eigenvalue weighted by Gasteiger charge is 2.11. The molecule has 0 saturated carbocycles. The average molecular weight is 283 g/mol. The molecule has 0 aromatic heterocycles.